The van der Waals surface area contributed by atoms with Crippen molar-refractivity contribution in [3.05, 3.63) is 42.5 Å². The van der Waals surface area contributed by atoms with Gasteiger partial charge in [-0.05, 0) is 30.0 Å². The van der Waals surface area contributed by atoms with E-state index in [1.165, 1.54) is 16.5 Å². The van der Waals surface area contributed by atoms with Gasteiger partial charge in [0.2, 0.25) is 0 Å². The van der Waals surface area contributed by atoms with Crippen LogP contribution >= 0.6 is 0 Å². The van der Waals surface area contributed by atoms with Crippen LogP contribution in [-0.4, -0.2) is 6.54 Å². The largest absolute Gasteiger partial charge is 0.385 e. The Hall–Kier alpha value is -1.50. The van der Waals surface area contributed by atoms with Gasteiger partial charge in [0.15, 0.2) is 0 Å². The molecule has 2 aromatic carbocycles. The molecule has 0 bridgehead atoms. The second-order valence-electron chi connectivity index (χ2n) is 3.38. The van der Waals surface area contributed by atoms with Crippen molar-refractivity contribution >= 4 is 16.5 Å². The molecule has 2 rings (SSSR count). The number of hydrogen-bond donors (Lipinski definition) is 1. The molecule has 1 N–H and O–H groups in total. The minimum atomic E-state index is 1.03. The maximum Gasteiger partial charge on any atom is 0.0419 e. The van der Waals surface area contributed by atoms with Crippen LogP contribution in [0.15, 0.2) is 36.4 Å². The molecular formula is C13H14N. The lowest BCUT2D eigenvalue weighted by Crippen LogP contribution is -1.99. The average Bonchev–Trinajstić information content (AvgIpc) is 2.26. The van der Waals surface area contributed by atoms with E-state index in [4.69, 9.17) is 0 Å². The summed E-state index contributed by atoms with van der Waals surface area (Å²) in [7, 11) is 0. The fraction of sp³-hybridized carbons (Fsp3) is 0.231. The molecule has 14 heavy (non-hydrogen) atoms. The van der Waals surface area contributed by atoms with Crippen LogP contribution in [0.3, 0.4) is 0 Å². The monoisotopic (exact) mass is 184 g/mol. The van der Waals surface area contributed by atoms with Gasteiger partial charge in [0, 0.05) is 17.6 Å². The Balaban J connectivity index is 2.43. The summed E-state index contributed by atoms with van der Waals surface area (Å²) < 4.78 is 0. The molecule has 0 unspecified atom stereocenters. The van der Waals surface area contributed by atoms with E-state index in [-0.39, 0.29) is 0 Å². The van der Waals surface area contributed by atoms with E-state index in [0.717, 1.165) is 13.0 Å². The van der Waals surface area contributed by atoms with Crippen LogP contribution in [0.25, 0.3) is 10.8 Å². The molecule has 0 fully saturated rings. The Bertz CT molecular complexity index is 415. The SMILES string of the molecule is CCCNc1cccc2c[c]ccc12. The van der Waals surface area contributed by atoms with Crippen molar-refractivity contribution in [1.29, 1.82) is 0 Å². The van der Waals surface area contributed by atoms with E-state index in [1.54, 1.807) is 0 Å². The predicted molar refractivity (Wildman–Crippen MR) is 61.6 cm³/mol. The number of nitrogens with one attached hydrogen (secondary N) is 1. The topological polar surface area (TPSA) is 12.0 Å². The summed E-state index contributed by atoms with van der Waals surface area (Å²) in [6.07, 6.45) is 1.15. The Labute approximate surface area is 84.8 Å². The molecule has 0 aromatic heterocycles. The fourth-order valence-corrected chi connectivity index (χ4v) is 1.58. The van der Waals surface area contributed by atoms with Crippen molar-refractivity contribution in [1.82, 2.24) is 0 Å². The number of rotatable bonds is 3. The first kappa shape index (κ1) is 9.07. The van der Waals surface area contributed by atoms with Gasteiger partial charge in [0.1, 0.15) is 0 Å². The second-order valence-corrected chi connectivity index (χ2v) is 3.38. The van der Waals surface area contributed by atoms with E-state index in [9.17, 15) is 0 Å². The van der Waals surface area contributed by atoms with Gasteiger partial charge in [-0.3, -0.25) is 0 Å². The zero-order valence-electron chi connectivity index (χ0n) is 8.38. The summed E-state index contributed by atoms with van der Waals surface area (Å²) in [4.78, 5) is 0. The molecule has 2 aromatic rings. The van der Waals surface area contributed by atoms with Crippen molar-refractivity contribution in [3.8, 4) is 0 Å². The van der Waals surface area contributed by atoms with Crippen molar-refractivity contribution in [2.45, 2.75) is 13.3 Å². The molecule has 0 heterocycles. The first-order valence-corrected chi connectivity index (χ1v) is 5.04. The van der Waals surface area contributed by atoms with Gasteiger partial charge in [-0.2, -0.15) is 0 Å². The second kappa shape index (κ2) is 4.14. The summed E-state index contributed by atoms with van der Waals surface area (Å²) in [6, 6.07) is 15.5. The lowest BCUT2D eigenvalue weighted by Gasteiger charge is -2.07. The Morgan fingerprint density at radius 2 is 2.21 bits per heavy atom. The highest BCUT2D eigenvalue weighted by molar-refractivity contribution is 5.93. The Morgan fingerprint density at radius 3 is 3.07 bits per heavy atom. The summed E-state index contributed by atoms with van der Waals surface area (Å²) in [5.41, 5.74) is 1.22. The number of hydrogen-bond acceptors (Lipinski definition) is 1. The molecule has 0 saturated carbocycles. The minimum Gasteiger partial charge on any atom is -0.385 e. The van der Waals surface area contributed by atoms with Crippen molar-refractivity contribution in [2.24, 2.45) is 0 Å². The maximum atomic E-state index is 3.42. The molecule has 1 nitrogen and oxygen atoms in total. The van der Waals surface area contributed by atoms with Crippen LogP contribution in [0.1, 0.15) is 13.3 Å². The number of benzene rings is 2. The molecule has 0 aliphatic rings. The molecule has 0 aliphatic carbocycles. The third kappa shape index (κ3) is 1.72. The van der Waals surface area contributed by atoms with Gasteiger partial charge in [-0.15, -0.1) is 0 Å². The van der Waals surface area contributed by atoms with Crippen LogP contribution in [0.4, 0.5) is 5.69 Å². The van der Waals surface area contributed by atoms with Gasteiger partial charge in [0.05, 0.1) is 0 Å². The maximum absolute atomic E-state index is 3.42. The third-order valence-electron chi connectivity index (χ3n) is 2.29. The van der Waals surface area contributed by atoms with Crippen molar-refractivity contribution < 1.29 is 0 Å². The van der Waals surface area contributed by atoms with Crippen molar-refractivity contribution in [3.63, 3.8) is 0 Å². The minimum absolute atomic E-state index is 1.03. The summed E-state index contributed by atoms with van der Waals surface area (Å²) >= 11 is 0. The highest BCUT2D eigenvalue weighted by Crippen LogP contribution is 2.22. The van der Waals surface area contributed by atoms with Gasteiger partial charge >= 0.3 is 0 Å². The highest BCUT2D eigenvalue weighted by Gasteiger charge is 1.97. The summed E-state index contributed by atoms with van der Waals surface area (Å²) in [5.74, 6) is 0. The lowest BCUT2D eigenvalue weighted by molar-refractivity contribution is 0.981. The number of fused-ring (bicyclic) bond motifs is 1. The van der Waals surface area contributed by atoms with E-state index in [0.29, 0.717) is 0 Å². The fourth-order valence-electron chi connectivity index (χ4n) is 1.58. The molecule has 0 aliphatic heterocycles. The van der Waals surface area contributed by atoms with Gasteiger partial charge < -0.3 is 5.32 Å². The predicted octanol–water partition coefficient (Wildman–Crippen LogP) is 3.46. The zero-order valence-corrected chi connectivity index (χ0v) is 8.38. The Morgan fingerprint density at radius 1 is 1.29 bits per heavy atom. The van der Waals surface area contributed by atoms with E-state index in [2.05, 4.69) is 42.6 Å². The molecule has 1 radical (unpaired) electrons. The third-order valence-corrected chi connectivity index (χ3v) is 2.29. The van der Waals surface area contributed by atoms with E-state index in [1.807, 2.05) is 12.1 Å². The Kier molecular flexibility index (Phi) is 2.68. The van der Waals surface area contributed by atoms with Crippen LogP contribution < -0.4 is 5.32 Å². The van der Waals surface area contributed by atoms with Gasteiger partial charge in [-0.1, -0.05) is 31.2 Å². The molecule has 1 heteroatoms. The summed E-state index contributed by atoms with van der Waals surface area (Å²) in [5, 5.41) is 5.95. The highest BCUT2D eigenvalue weighted by atomic mass is 14.9. The molecule has 0 saturated heterocycles. The van der Waals surface area contributed by atoms with E-state index < -0.39 is 0 Å². The molecule has 0 spiro atoms. The van der Waals surface area contributed by atoms with Crippen LogP contribution in [0.2, 0.25) is 0 Å². The normalized spacial score (nSPS) is 10.4. The lowest BCUT2D eigenvalue weighted by atomic mass is 10.1. The molecule has 0 amide bonds. The van der Waals surface area contributed by atoms with Crippen molar-refractivity contribution in [2.75, 3.05) is 11.9 Å². The molecular weight excluding hydrogens is 170 g/mol. The van der Waals surface area contributed by atoms with Crippen LogP contribution in [0, 0.1) is 6.07 Å². The van der Waals surface area contributed by atoms with Crippen LogP contribution in [-0.2, 0) is 0 Å². The van der Waals surface area contributed by atoms with Crippen LogP contribution in [0.5, 0.6) is 0 Å². The standard InChI is InChI=1S/C13H14N/c1-2-10-14-13-9-5-7-11-6-3-4-8-12(11)13/h4-9,14H,2,10H2,1H3. The first-order valence-electron chi connectivity index (χ1n) is 5.04. The smallest absolute Gasteiger partial charge is 0.0419 e. The first-order chi connectivity index (χ1) is 6.92. The average molecular weight is 184 g/mol. The molecule has 0 atom stereocenters. The zero-order chi connectivity index (χ0) is 9.80. The van der Waals surface area contributed by atoms with Gasteiger partial charge in [0.25, 0.3) is 0 Å². The quantitative estimate of drug-likeness (QED) is 0.770. The van der Waals surface area contributed by atoms with Gasteiger partial charge in [-0.25, -0.2) is 0 Å². The van der Waals surface area contributed by atoms with E-state index >= 15 is 0 Å². The summed E-state index contributed by atoms with van der Waals surface area (Å²) in [6.45, 7) is 3.20. The molecule has 71 valence electrons. The number of anilines is 1.